The molecule has 0 aliphatic rings. The van der Waals surface area contributed by atoms with Gasteiger partial charge in [0.1, 0.15) is 5.52 Å². The Morgan fingerprint density at radius 1 is 0.524 bits per heavy atom. The first-order valence-corrected chi connectivity index (χ1v) is 14.7. The van der Waals surface area contributed by atoms with Crippen molar-refractivity contribution >= 4 is 81.3 Å². The maximum atomic E-state index is 5.43. The number of nitrogens with zero attached hydrogens (tertiary/aromatic N) is 6. The second-order valence-electron chi connectivity index (χ2n) is 10.6. The van der Waals surface area contributed by atoms with Crippen LogP contribution in [0.1, 0.15) is 0 Å². The van der Waals surface area contributed by atoms with Gasteiger partial charge in [0, 0.05) is 34.2 Å². The number of fused-ring (bicyclic) bond motifs is 12. The Balaban J connectivity index is 1.42. The number of rotatable bonds is 2. The maximum absolute atomic E-state index is 5.43. The van der Waals surface area contributed by atoms with E-state index in [1.807, 2.05) is 24.5 Å². The first kappa shape index (κ1) is 22.2. The highest BCUT2D eigenvalue weighted by atomic mass is 32.1. The molecule has 0 bridgehead atoms. The average molecular weight is 557 g/mol. The number of aromatic nitrogens is 6. The lowest BCUT2D eigenvalue weighted by atomic mass is 10.1. The van der Waals surface area contributed by atoms with Gasteiger partial charge in [-0.3, -0.25) is 18.5 Å². The van der Waals surface area contributed by atoms with Crippen LogP contribution in [0.3, 0.4) is 0 Å². The van der Waals surface area contributed by atoms with E-state index >= 15 is 0 Å². The van der Waals surface area contributed by atoms with Crippen molar-refractivity contribution in [3.05, 3.63) is 122 Å². The van der Waals surface area contributed by atoms with Crippen LogP contribution in [0.25, 0.3) is 81.5 Å². The summed E-state index contributed by atoms with van der Waals surface area (Å²) in [5, 5.41) is 3.46. The summed E-state index contributed by atoms with van der Waals surface area (Å²) < 4.78 is 9.13. The molecule has 0 atom stereocenters. The van der Waals surface area contributed by atoms with Crippen LogP contribution in [0, 0.1) is 0 Å². The van der Waals surface area contributed by atoms with E-state index in [1.165, 1.54) is 5.39 Å². The lowest BCUT2D eigenvalue weighted by molar-refractivity contribution is 1.10. The Bertz CT molecular complexity index is 2690. The molecular weight excluding hydrogens is 536 g/mol. The first-order valence-electron chi connectivity index (χ1n) is 13.9. The summed E-state index contributed by atoms with van der Waals surface area (Å²) in [6, 6.07) is 38.3. The van der Waals surface area contributed by atoms with Crippen LogP contribution >= 0.6 is 11.3 Å². The van der Waals surface area contributed by atoms with Gasteiger partial charge in [0.25, 0.3) is 0 Å². The molecule has 0 amide bonds. The predicted molar refractivity (Wildman–Crippen MR) is 172 cm³/mol. The molecule has 0 fully saturated rings. The van der Waals surface area contributed by atoms with Crippen molar-refractivity contribution in [3.63, 3.8) is 0 Å². The molecule has 6 nitrogen and oxygen atoms in total. The zero-order chi connectivity index (χ0) is 27.4. The highest BCUT2D eigenvalue weighted by Gasteiger charge is 2.23. The highest BCUT2D eigenvalue weighted by Crippen LogP contribution is 2.41. The van der Waals surface area contributed by atoms with Gasteiger partial charge in [-0.05, 0) is 60.7 Å². The summed E-state index contributed by atoms with van der Waals surface area (Å²) in [6.45, 7) is 0. The van der Waals surface area contributed by atoms with E-state index < -0.39 is 0 Å². The second-order valence-corrected chi connectivity index (χ2v) is 11.6. The summed E-state index contributed by atoms with van der Waals surface area (Å²) in [5.74, 6) is 1.79. The molecular formula is C35H20N6S. The van der Waals surface area contributed by atoms with Crippen molar-refractivity contribution in [1.29, 1.82) is 0 Å². The van der Waals surface area contributed by atoms with Gasteiger partial charge in [-0.15, -0.1) is 11.3 Å². The molecule has 10 aromatic rings. The highest BCUT2D eigenvalue weighted by molar-refractivity contribution is 7.26. The minimum Gasteiger partial charge on any atom is -0.290 e. The summed E-state index contributed by atoms with van der Waals surface area (Å²) in [4.78, 5) is 15.2. The number of para-hydroxylation sites is 4. The van der Waals surface area contributed by atoms with Crippen LogP contribution in [0.2, 0.25) is 0 Å². The Morgan fingerprint density at radius 3 is 2.24 bits per heavy atom. The van der Waals surface area contributed by atoms with Crippen LogP contribution in [-0.4, -0.2) is 28.5 Å². The molecule has 4 aromatic carbocycles. The molecule has 7 heteroatoms. The predicted octanol–water partition coefficient (Wildman–Crippen LogP) is 8.69. The quantitative estimate of drug-likeness (QED) is 0.214. The Labute approximate surface area is 242 Å². The molecule has 10 rings (SSSR count). The number of pyridine rings is 2. The molecule has 0 aliphatic carbocycles. The van der Waals surface area contributed by atoms with Crippen molar-refractivity contribution in [3.8, 4) is 11.5 Å². The molecule has 0 saturated carbocycles. The van der Waals surface area contributed by atoms with E-state index in [0.717, 1.165) is 76.1 Å². The minimum atomic E-state index is 0.888. The normalized spacial score (nSPS) is 12.3. The third-order valence-electron chi connectivity index (χ3n) is 8.35. The zero-order valence-corrected chi connectivity index (χ0v) is 23.0. The van der Waals surface area contributed by atoms with Gasteiger partial charge in [-0.1, -0.05) is 48.5 Å². The standard InChI is InChI=1S/C35H20N6S/c1-2-9-21(10-3-1)39-26-13-6-7-14-27(26)40-28-17-16-23-22-11-4-5-12-25(22)41(32(23)31(28)38-35(39)40)34-33-24(18-20-37-34)30-29(42-33)15-8-19-36-30/h1-20H. The number of benzene rings is 4. The van der Waals surface area contributed by atoms with Crippen LogP contribution in [-0.2, 0) is 0 Å². The number of hydrogen-bond donors (Lipinski definition) is 0. The molecule has 0 spiro atoms. The Hall–Kier alpha value is -5.53. The minimum absolute atomic E-state index is 0.888. The summed E-state index contributed by atoms with van der Waals surface area (Å²) in [5.41, 5.74) is 8.54. The van der Waals surface area contributed by atoms with Crippen LogP contribution in [0.15, 0.2) is 122 Å². The molecule has 6 heterocycles. The third-order valence-corrected chi connectivity index (χ3v) is 9.51. The van der Waals surface area contributed by atoms with E-state index in [0.29, 0.717) is 0 Å². The third kappa shape index (κ3) is 2.75. The van der Waals surface area contributed by atoms with Crippen molar-refractivity contribution in [2.24, 2.45) is 0 Å². The molecule has 6 aromatic heterocycles. The lowest BCUT2D eigenvalue weighted by Crippen LogP contribution is -1.98. The molecule has 0 radical (unpaired) electrons. The molecule has 196 valence electrons. The van der Waals surface area contributed by atoms with Gasteiger partial charge in [-0.2, -0.15) is 0 Å². The van der Waals surface area contributed by atoms with E-state index in [1.54, 1.807) is 11.3 Å². The zero-order valence-electron chi connectivity index (χ0n) is 22.1. The molecule has 0 saturated heterocycles. The average Bonchev–Trinajstić information content (AvgIpc) is 3.78. The number of thiophene rings is 1. The molecule has 0 N–H and O–H groups in total. The van der Waals surface area contributed by atoms with Gasteiger partial charge < -0.3 is 0 Å². The molecule has 42 heavy (non-hydrogen) atoms. The van der Waals surface area contributed by atoms with Crippen molar-refractivity contribution in [2.45, 2.75) is 0 Å². The maximum Gasteiger partial charge on any atom is 0.220 e. The van der Waals surface area contributed by atoms with Gasteiger partial charge in [-0.25, -0.2) is 9.97 Å². The topological polar surface area (TPSA) is 52.9 Å². The number of hydrogen-bond acceptors (Lipinski definition) is 4. The van der Waals surface area contributed by atoms with E-state index in [-0.39, 0.29) is 0 Å². The van der Waals surface area contributed by atoms with Gasteiger partial charge in [0.15, 0.2) is 5.82 Å². The fraction of sp³-hybridized carbons (Fsp3) is 0. The molecule has 0 unspecified atom stereocenters. The summed E-state index contributed by atoms with van der Waals surface area (Å²) in [7, 11) is 0. The SMILES string of the molecule is c1ccc(-n2c3ccccc3n3c4ccc5c6ccccc6n(-c6nccc7c6sc6cccnc67)c5c4nc23)cc1. The van der Waals surface area contributed by atoms with Gasteiger partial charge >= 0.3 is 0 Å². The first-order chi connectivity index (χ1) is 20.9. The van der Waals surface area contributed by atoms with E-state index in [9.17, 15) is 0 Å². The largest absolute Gasteiger partial charge is 0.290 e. The van der Waals surface area contributed by atoms with Gasteiger partial charge in [0.2, 0.25) is 5.78 Å². The monoisotopic (exact) mass is 556 g/mol. The Kier molecular flexibility index (Phi) is 4.24. The lowest BCUT2D eigenvalue weighted by Gasteiger charge is -2.08. The van der Waals surface area contributed by atoms with E-state index in [4.69, 9.17) is 15.0 Å². The van der Waals surface area contributed by atoms with Crippen LogP contribution in [0.5, 0.6) is 0 Å². The molecule has 0 aliphatic heterocycles. The van der Waals surface area contributed by atoms with Crippen molar-refractivity contribution < 1.29 is 0 Å². The van der Waals surface area contributed by atoms with Gasteiger partial charge in [0.05, 0.1) is 42.5 Å². The van der Waals surface area contributed by atoms with Crippen LogP contribution < -0.4 is 0 Å². The smallest absolute Gasteiger partial charge is 0.220 e. The second kappa shape index (κ2) is 8.02. The fourth-order valence-corrected chi connectivity index (χ4v) is 7.77. The summed E-state index contributed by atoms with van der Waals surface area (Å²) >= 11 is 1.74. The van der Waals surface area contributed by atoms with Crippen LogP contribution in [0.4, 0.5) is 0 Å². The Morgan fingerprint density at radius 2 is 1.33 bits per heavy atom. The van der Waals surface area contributed by atoms with E-state index in [2.05, 4.69) is 111 Å². The summed E-state index contributed by atoms with van der Waals surface area (Å²) in [6.07, 6.45) is 3.77. The fourth-order valence-electron chi connectivity index (χ4n) is 6.64. The van der Waals surface area contributed by atoms with Crippen molar-refractivity contribution in [2.75, 3.05) is 0 Å². The number of imidazole rings is 2. The van der Waals surface area contributed by atoms with Crippen molar-refractivity contribution in [1.82, 2.24) is 28.5 Å².